The summed E-state index contributed by atoms with van der Waals surface area (Å²) in [5, 5.41) is 10.1. The van der Waals surface area contributed by atoms with Gasteiger partial charge in [0.15, 0.2) is 0 Å². The monoisotopic (exact) mass is 521 g/mol. The first-order valence-electron chi connectivity index (χ1n) is 12.6. The number of aliphatic carboxylic acids is 1. The van der Waals surface area contributed by atoms with Gasteiger partial charge in [0.25, 0.3) is 5.91 Å². The lowest BCUT2D eigenvalue weighted by Gasteiger charge is -2.22. The molecule has 37 heavy (non-hydrogen) atoms. The van der Waals surface area contributed by atoms with Gasteiger partial charge in [-0.05, 0) is 93.2 Å². The van der Waals surface area contributed by atoms with Crippen molar-refractivity contribution in [3.05, 3.63) is 64.7 Å². The van der Waals surface area contributed by atoms with Crippen molar-refractivity contribution in [1.29, 1.82) is 0 Å². The van der Waals surface area contributed by atoms with E-state index in [4.69, 9.17) is 9.90 Å². The minimum Gasteiger partial charge on any atom is -0.475 e. The number of nitrogens with zero attached hydrogens (tertiary/aromatic N) is 2. The molecule has 1 fully saturated rings. The molecular formula is C28H38F3N3O3. The third-order valence-electron chi connectivity index (χ3n) is 6.33. The Morgan fingerprint density at radius 1 is 0.946 bits per heavy atom. The third-order valence-corrected chi connectivity index (χ3v) is 6.33. The van der Waals surface area contributed by atoms with Gasteiger partial charge in [0.1, 0.15) is 0 Å². The van der Waals surface area contributed by atoms with Crippen LogP contribution in [0.4, 0.5) is 18.9 Å². The van der Waals surface area contributed by atoms with E-state index in [1.165, 1.54) is 42.6 Å². The minimum atomic E-state index is -5.08. The largest absolute Gasteiger partial charge is 0.490 e. The molecule has 1 amide bonds. The molecule has 0 radical (unpaired) electrons. The van der Waals surface area contributed by atoms with E-state index in [1.807, 2.05) is 30.3 Å². The van der Waals surface area contributed by atoms with Crippen molar-refractivity contribution in [2.75, 3.05) is 38.0 Å². The molecule has 1 heterocycles. The van der Waals surface area contributed by atoms with Gasteiger partial charge >= 0.3 is 12.1 Å². The fourth-order valence-corrected chi connectivity index (χ4v) is 3.89. The Morgan fingerprint density at radius 3 is 2.11 bits per heavy atom. The van der Waals surface area contributed by atoms with Gasteiger partial charge in [-0.25, -0.2) is 4.79 Å². The number of carbonyl (C=O) groups excluding carboxylic acids is 1. The van der Waals surface area contributed by atoms with Crippen LogP contribution in [0.3, 0.4) is 0 Å². The van der Waals surface area contributed by atoms with Gasteiger partial charge in [0, 0.05) is 30.9 Å². The van der Waals surface area contributed by atoms with E-state index in [-0.39, 0.29) is 5.91 Å². The predicted molar refractivity (Wildman–Crippen MR) is 140 cm³/mol. The lowest BCUT2D eigenvalue weighted by atomic mass is 10.1. The minimum absolute atomic E-state index is 0.0552. The number of alkyl halides is 3. The van der Waals surface area contributed by atoms with Crippen LogP contribution in [-0.2, 0) is 11.3 Å². The van der Waals surface area contributed by atoms with E-state index in [9.17, 15) is 18.0 Å². The Hall–Kier alpha value is -2.91. The smallest absolute Gasteiger partial charge is 0.475 e. The van der Waals surface area contributed by atoms with Crippen LogP contribution < -0.4 is 5.32 Å². The Kier molecular flexibility index (Phi) is 11.6. The summed E-state index contributed by atoms with van der Waals surface area (Å²) in [5.41, 5.74) is 5.23. The summed E-state index contributed by atoms with van der Waals surface area (Å²) >= 11 is 0. The molecule has 6 nitrogen and oxygen atoms in total. The van der Waals surface area contributed by atoms with E-state index in [2.05, 4.69) is 54.9 Å². The standard InChI is InChI=1S/C26H37N3O.C2HF3O2/c1-20(2)12-15-28-13-5-14-29(17-16-28)19-23-7-9-24(10-8-23)26(30)27-25-11-6-21(3)22(4)18-25;3-2(4,5)1(6)7/h6-11,18,20H,5,12-17,19H2,1-4H3,(H,27,30);(H,6,7). The number of rotatable bonds is 7. The summed E-state index contributed by atoms with van der Waals surface area (Å²) in [6.07, 6.45) is -2.57. The van der Waals surface area contributed by atoms with Crippen LogP contribution in [0.5, 0.6) is 0 Å². The topological polar surface area (TPSA) is 72.9 Å². The average molecular weight is 522 g/mol. The molecular weight excluding hydrogens is 483 g/mol. The van der Waals surface area contributed by atoms with Crippen LogP contribution in [0.25, 0.3) is 0 Å². The van der Waals surface area contributed by atoms with E-state index in [1.54, 1.807) is 0 Å². The van der Waals surface area contributed by atoms with Crippen molar-refractivity contribution in [2.24, 2.45) is 5.92 Å². The number of hydrogen-bond donors (Lipinski definition) is 2. The lowest BCUT2D eigenvalue weighted by Crippen LogP contribution is -2.31. The summed E-state index contributed by atoms with van der Waals surface area (Å²) in [6.45, 7) is 15.5. The first-order chi connectivity index (χ1) is 17.3. The van der Waals surface area contributed by atoms with Gasteiger partial charge in [0.05, 0.1) is 0 Å². The number of nitrogens with one attached hydrogen (secondary N) is 1. The fourth-order valence-electron chi connectivity index (χ4n) is 3.89. The first kappa shape index (κ1) is 30.3. The maximum atomic E-state index is 12.6. The van der Waals surface area contributed by atoms with Crippen molar-refractivity contribution < 1.29 is 27.9 Å². The van der Waals surface area contributed by atoms with Gasteiger partial charge in [0.2, 0.25) is 0 Å². The molecule has 0 aromatic heterocycles. The first-order valence-corrected chi connectivity index (χ1v) is 12.6. The number of hydrogen-bond acceptors (Lipinski definition) is 4. The van der Waals surface area contributed by atoms with Gasteiger partial charge in [-0.2, -0.15) is 13.2 Å². The summed E-state index contributed by atoms with van der Waals surface area (Å²) in [5.74, 6) is -2.04. The number of carboxylic acids is 1. The summed E-state index contributed by atoms with van der Waals surface area (Å²) in [7, 11) is 0. The van der Waals surface area contributed by atoms with Gasteiger partial charge in [-0.3, -0.25) is 9.69 Å². The highest BCUT2D eigenvalue weighted by Gasteiger charge is 2.38. The van der Waals surface area contributed by atoms with E-state index in [0.29, 0.717) is 5.56 Å². The van der Waals surface area contributed by atoms with Crippen molar-refractivity contribution in [2.45, 2.75) is 53.3 Å². The average Bonchev–Trinajstić information content (AvgIpc) is 3.05. The van der Waals surface area contributed by atoms with E-state index >= 15 is 0 Å². The highest BCUT2D eigenvalue weighted by molar-refractivity contribution is 6.04. The number of anilines is 1. The molecule has 2 aromatic carbocycles. The number of aryl methyl sites for hydroxylation is 2. The lowest BCUT2D eigenvalue weighted by molar-refractivity contribution is -0.192. The van der Waals surface area contributed by atoms with Gasteiger partial charge in [-0.15, -0.1) is 0 Å². The van der Waals surface area contributed by atoms with Gasteiger partial charge in [-0.1, -0.05) is 32.0 Å². The number of carboxylic acid groups (broad SMARTS) is 1. The molecule has 2 N–H and O–H groups in total. The second-order valence-electron chi connectivity index (χ2n) is 9.91. The molecule has 0 saturated carbocycles. The van der Waals surface area contributed by atoms with Crippen molar-refractivity contribution >= 4 is 17.6 Å². The highest BCUT2D eigenvalue weighted by Crippen LogP contribution is 2.17. The number of halogens is 3. The number of carbonyl (C=O) groups is 2. The highest BCUT2D eigenvalue weighted by atomic mass is 19.4. The zero-order valence-corrected chi connectivity index (χ0v) is 22.1. The van der Waals surface area contributed by atoms with Crippen LogP contribution in [0.1, 0.15) is 53.7 Å². The molecule has 0 bridgehead atoms. The molecule has 1 aliphatic rings. The quantitative estimate of drug-likeness (QED) is 0.486. The van der Waals surface area contributed by atoms with Crippen molar-refractivity contribution in [1.82, 2.24) is 9.80 Å². The Balaban J connectivity index is 0.000000604. The summed E-state index contributed by atoms with van der Waals surface area (Å²) in [4.78, 5) is 26.6. The Bertz CT molecular complexity index is 1020. The van der Waals surface area contributed by atoms with E-state index < -0.39 is 12.1 Å². The predicted octanol–water partition coefficient (Wildman–Crippen LogP) is 5.74. The van der Waals surface area contributed by atoms with Crippen LogP contribution in [-0.4, -0.2) is 65.7 Å². The molecule has 0 spiro atoms. The van der Waals surface area contributed by atoms with Crippen LogP contribution in [0, 0.1) is 19.8 Å². The molecule has 2 aromatic rings. The molecule has 1 aliphatic heterocycles. The number of amides is 1. The van der Waals surface area contributed by atoms with Crippen LogP contribution in [0.2, 0.25) is 0 Å². The zero-order valence-electron chi connectivity index (χ0n) is 22.1. The maximum Gasteiger partial charge on any atom is 0.490 e. The molecule has 0 atom stereocenters. The molecule has 0 aliphatic carbocycles. The second kappa shape index (κ2) is 14.1. The van der Waals surface area contributed by atoms with E-state index in [0.717, 1.165) is 37.8 Å². The SMILES string of the molecule is Cc1ccc(NC(=O)c2ccc(CN3CCCN(CCC(C)C)CC3)cc2)cc1C.O=C(O)C(F)(F)F. The zero-order chi connectivity index (χ0) is 27.6. The van der Waals surface area contributed by atoms with Crippen LogP contribution in [0.15, 0.2) is 42.5 Å². The second-order valence-corrected chi connectivity index (χ2v) is 9.91. The normalized spacial score (nSPS) is 15.0. The van der Waals surface area contributed by atoms with Gasteiger partial charge < -0.3 is 15.3 Å². The number of benzene rings is 2. The molecule has 9 heteroatoms. The third kappa shape index (κ3) is 10.9. The molecule has 0 unspecified atom stereocenters. The summed E-state index contributed by atoms with van der Waals surface area (Å²) in [6, 6.07) is 14.1. The molecule has 3 rings (SSSR count). The van der Waals surface area contributed by atoms with Crippen molar-refractivity contribution in [3.63, 3.8) is 0 Å². The van der Waals surface area contributed by atoms with Crippen LogP contribution >= 0.6 is 0 Å². The summed E-state index contributed by atoms with van der Waals surface area (Å²) < 4.78 is 31.7. The van der Waals surface area contributed by atoms with Crippen molar-refractivity contribution in [3.8, 4) is 0 Å². The maximum absolute atomic E-state index is 12.6. The fraction of sp³-hybridized carbons (Fsp3) is 0.500. The Labute approximate surface area is 217 Å². The molecule has 1 saturated heterocycles. The Morgan fingerprint density at radius 2 is 1.54 bits per heavy atom. The molecule has 204 valence electrons.